The zero-order valence-corrected chi connectivity index (χ0v) is 46.3. The molecule has 0 saturated heterocycles. The summed E-state index contributed by atoms with van der Waals surface area (Å²) in [4.78, 5) is 24.5. The largest absolute Gasteiger partial charge is 0.466 e. The molecule has 6 nitrogen and oxygen atoms in total. The molecule has 0 bridgehead atoms. The van der Waals surface area contributed by atoms with E-state index < -0.39 is 12.1 Å². The Bertz CT molecular complexity index is 1120. The van der Waals surface area contributed by atoms with Crippen LogP contribution in [-0.2, 0) is 14.3 Å². The van der Waals surface area contributed by atoms with Crippen LogP contribution in [0.25, 0.3) is 0 Å². The van der Waals surface area contributed by atoms with Gasteiger partial charge in [-0.25, -0.2) is 0 Å². The lowest BCUT2D eigenvalue weighted by Gasteiger charge is -2.20. The predicted octanol–water partition coefficient (Wildman–Crippen LogP) is 19.2. The summed E-state index contributed by atoms with van der Waals surface area (Å²) in [5.41, 5.74) is 0. The van der Waals surface area contributed by atoms with Crippen LogP contribution in [0.2, 0.25) is 0 Å². The van der Waals surface area contributed by atoms with Gasteiger partial charge in [0.15, 0.2) is 0 Å². The first-order valence-electron chi connectivity index (χ1n) is 30.8. The number of allylic oxidation sites excluding steroid dienone is 5. The Labute approximate surface area is 430 Å². The first kappa shape index (κ1) is 67.1. The molecule has 0 aromatic carbocycles. The number of amides is 1. The lowest BCUT2D eigenvalue weighted by molar-refractivity contribution is -0.143. The van der Waals surface area contributed by atoms with Crippen LogP contribution in [0.5, 0.6) is 0 Å². The minimum absolute atomic E-state index is 0.00264. The summed E-state index contributed by atoms with van der Waals surface area (Å²) < 4.78 is 5.48. The quantitative estimate of drug-likeness (QED) is 0.0321. The number of aliphatic hydroxyl groups is 2. The minimum atomic E-state index is -0.841. The molecule has 6 heteroatoms. The molecule has 1 amide bonds. The fourth-order valence-electron chi connectivity index (χ4n) is 9.43. The average Bonchev–Trinajstić information content (AvgIpc) is 3.35. The first-order valence-corrected chi connectivity index (χ1v) is 30.8. The van der Waals surface area contributed by atoms with Crippen LogP contribution in [-0.4, -0.2) is 47.4 Å². The van der Waals surface area contributed by atoms with Gasteiger partial charge in [0, 0.05) is 12.8 Å². The fraction of sp³-hybridized carbons (Fsp3) is 0.873. The molecule has 2 atom stereocenters. The number of unbranched alkanes of at least 4 members (excludes halogenated alkanes) is 42. The molecule has 2 unspecified atom stereocenters. The third-order valence-corrected chi connectivity index (χ3v) is 14.2. The van der Waals surface area contributed by atoms with Gasteiger partial charge in [-0.3, -0.25) is 9.59 Å². The smallest absolute Gasteiger partial charge is 0.305 e. The number of hydrogen-bond acceptors (Lipinski definition) is 5. The van der Waals surface area contributed by atoms with E-state index in [9.17, 15) is 19.8 Å². The summed E-state index contributed by atoms with van der Waals surface area (Å²) >= 11 is 0. The monoisotopic (exact) mass is 970 g/mol. The van der Waals surface area contributed by atoms with Gasteiger partial charge >= 0.3 is 5.97 Å². The maximum absolute atomic E-state index is 12.4. The highest BCUT2D eigenvalue weighted by atomic mass is 16.5. The Morgan fingerprint density at radius 1 is 0.406 bits per heavy atom. The van der Waals surface area contributed by atoms with Crippen molar-refractivity contribution in [1.82, 2.24) is 5.32 Å². The maximum Gasteiger partial charge on any atom is 0.305 e. The van der Waals surface area contributed by atoms with Crippen LogP contribution in [0.3, 0.4) is 0 Å². The van der Waals surface area contributed by atoms with E-state index in [-0.39, 0.29) is 18.5 Å². The second-order valence-electron chi connectivity index (χ2n) is 21.0. The first-order chi connectivity index (χ1) is 34.0. The van der Waals surface area contributed by atoms with Gasteiger partial charge < -0.3 is 20.3 Å². The summed E-state index contributed by atoms with van der Waals surface area (Å²) in [7, 11) is 0. The molecule has 0 aromatic rings. The van der Waals surface area contributed by atoms with Crippen molar-refractivity contribution in [3.8, 4) is 0 Å². The summed E-state index contributed by atoms with van der Waals surface area (Å²) in [5, 5.41) is 23.0. The molecule has 0 saturated carbocycles. The lowest BCUT2D eigenvalue weighted by atomic mass is 10.0. The standard InChI is InChI=1S/C63H119NO5/c1-3-5-7-9-11-13-15-16-29-33-37-41-45-49-53-57-63(68)69-58-54-50-46-42-38-34-31-28-26-24-22-20-18-17-19-21-23-25-27-30-32-36-40-44-48-52-56-62(67)64-60(59-65)61(66)55-51-47-43-39-35-14-12-10-8-6-4-2/h11,13,16,29,51,55,60-61,65-66H,3-10,12,14-15,17-28,30-50,52-54,56-59H2,1-2H3,(H,64,67)/b13-11-,29-16-,55-51+. The van der Waals surface area contributed by atoms with Gasteiger partial charge in [0.2, 0.25) is 5.91 Å². The molecule has 0 aromatic heterocycles. The Morgan fingerprint density at radius 2 is 0.725 bits per heavy atom. The lowest BCUT2D eigenvalue weighted by Crippen LogP contribution is -2.45. The van der Waals surface area contributed by atoms with Crippen molar-refractivity contribution < 1.29 is 24.5 Å². The molecule has 0 aliphatic heterocycles. The third kappa shape index (κ3) is 55.2. The van der Waals surface area contributed by atoms with Crippen molar-refractivity contribution in [2.24, 2.45) is 0 Å². The van der Waals surface area contributed by atoms with Crippen LogP contribution in [0, 0.1) is 0 Å². The number of rotatable bonds is 57. The number of aliphatic hydroxyl groups excluding tert-OH is 2. The Balaban J connectivity index is 3.35. The molecule has 3 N–H and O–H groups in total. The highest BCUT2D eigenvalue weighted by molar-refractivity contribution is 5.76. The van der Waals surface area contributed by atoms with E-state index in [1.165, 1.54) is 250 Å². The van der Waals surface area contributed by atoms with Gasteiger partial charge in [-0.2, -0.15) is 0 Å². The molecule has 0 aliphatic carbocycles. The molecule has 0 radical (unpaired) electrons. The van der Waals surface area contributed by atoms with Crippen LogP contribution >= 0.6 is 0 Å². The number of esters is 1. The van der Waals surface area contributed by atoms with Crippen LogP contribution < -0.4 is 5.32 Å². The van der Waals surface area contributed by atoms with Crippen LogP contribution in [0.15, 0.2) is 36.5 Å². The van der Waals surface area contributed by atoms with Gasteiger partial charge in [0.05, 0.1) is 25.4 Å². The second kappa shape index (κ2) is 58.6. The van der Waals surface area contributed by atoms with Gasteiger partial charge in [-0.15, -0.1) is 0 Å². The maximum atomic E-state index is 12.4. The number of nitrogens with one attached hydrogen (secondary N) is 1. The molecule has 0 fully saturated rings. The van der Waals surface area contributed by atoms with Gasteiger partial charge in [0.25, 0.3) is 0 Å². The SMILES string of the molecule is CCCCC/C=C\C/C=C\CCCCCCCC(=O)OCCCCCCCCCCCCCCCCCCCCCCCCCCCCC(=O)NC(CO)C(O)/C=C/CCCCCCCCCCC. The Kier molecular flexibility index (Phi) is 57.0. The van der Waals surface area contributed by atoms with E-state index >= 15 is 0 Å². The zero-order chi connectivity index (χ0) is 50.0. The van der Waals surface area contributed by atoms with Crippen molar-refractivity contribution in [3.63, 3.8) is 0 Å². The highest BCUT2D eigenvalue weighted by Crippen LogP contribution is 2.17. The van der Waals surface area contributed by atoms with E-state index in [4.69, 9.17) is 4.74 Å². The third-order valence-electron chi connectivity index (χ3n) is 14.2. The van der Waals surface area contributed by atoms with Crippen molar-refractivity contribution in [3.05, 3.63) is 36.5 Å². The molecule has 406 valence electrons. The summed E-state index contributed by atoms with van der Waals surface area (Å²) in [6.07, 6.45) is 73.3. The Morgan fingerprint density at radius 3 is 1.13 bits per heavy atom. The summed E-state index contributed by atoms with van der Waals surface area (Å²) in [5.74, 6) is -0.0640. The fourth-order valence-corrected chi connectivity index (χ4v) is 9.43. The Hall–Kier alpha value is -1.92. The average molecular weight is 971 g/mol. The molecule has 0 spiro atoms. The van der Waals surface area contributed by atoms with Gasteiger partial charge in [-0.05, 0) is 64.2 Å². The predicted molar refractivity (Wildman–Crippen MR) is 301 cm³/mol. The number of carbonyl (C=O) groups excluding carboxylic acids is 2. The number of carbonyl (C=O) groups is 2. The van der Waals surface area contributed by atoms with E-state index in [2.05, 4.69) is 43.5 Å². The van der Waals surface area contributed by atoms with E-state index in [1.807, 2.05) is 6.08 Å². The zero-order valence-electron chi connectivity index (χ0n) is 46.3. The number of ether oxygens (including phenoxy) is 1. The molecule has 0 aliphatic rings. The van der Waals surface area contributed by atoms with Crippen molar-refractivity contribution in [2.75, 3.05) is 13.2 Å². The van der Waals surface area contributed by atoms with E-state index in [1.54, 1.807) is 6.08 Å². The molecular formula is C63H119NO5. The van der Waals surface area contributed by atoms with Crippen LogP contribution in [0.4, 0.5) is 0 Å². The molecule has 0 heterocycles. The van der Waals surface area contributed by atoms with E-state index in [0.29, 0.717) is 19.4 Å². The van der Waals surface area contributed by atoms with Crippen molar-refractivity contribution >= 4 is 11.9 Å². The topological polar surface area (TPSA) is 95.9 Å². The summed E-state index contributed by atoms with van der Waals surface area (Å²) in [6, 6.07) is -0.625. The molecule has 0 rings (SSSR count). The summed E-state index contributed by atoms with van der Waals surface area (Å²) in [6.45, 7) is 4.87. The van der Waals surface area contributed by atoms with Gasteiger partial charge in [-0.1, -0.05) is 288 Å². The van der Waals surface area contributed by atoms with Crippen LogP contribution in [0.1, 0.15) is 328 Å². The van der Waals surface area contributed by atoms with Crippen molar-refractivity contribution in [1.29, 1.82) is 0 Å². The highest BCUT2D eigenvalue weighted by Gasteiger charge is 2.18. The number of hydrogen-bond donors (Lipinski definition) is 3. The van der Waals surface area contributed by atoms with Crippen molar-refractivity contribution in [2.45, 2.75) is 341 Å². The normalized spacial score (nSPS) is 12.8. The van der Waals surface area contributed by atoms with Gasteiger partial charge in [0.1, 0.15) is 0 Å². The second-order valence-corrected chi connectivity index (χ2v) is 21.0. The minimum Gasteiger partial charge on any atom is -0.466 e. The molecular weight excluding hydrogens is 851 g/mol. The van der Waals surface area contributed by atoms with E-state index in [0.717, 1.165) is 51.4 Å². The molecule has 69 heavy (non-hydrogen) atoms.